The van der Waals surface area contributed by atoms with Gasteiger partial charge in [-0.15, -0.1) is 0 Å². The molecule has 5 heteroatoms. The average molecular weight is 239 g/mol. The minimum atomic E-state index is -0.126. The summed E-state index contributed by atoms with van der Waals surface area (Å²) >= 11 is 0. The third-order valence-electron chi connectivity index (χ3n) is 2.75. The maximum absolute atomic E-state index is 11.9. The number of hydrogen-bond acceptors (Lipinski definition) is 3. The predicted octanol–water partition coefficient (Wildman–Crippen LogP) is 0.867. The van der Waals surface area contributed by atoms with Gasteiger partial charge in [0.1, 0.15) is 5.69 Å². The number of carbonyl (C=O) groups is 1. The molecule has 0 atom stereocenters. The lowest BCUT2D eigenvalue weighted by atomic mass is 9.90. The molecule has 1 rings (SSSR count). The molecule has 96 valence electrons. The molecule has 0 aliphatic rings. The van der Waals surface area contributed by atoms with E-state index in [4.69, 9.17) is 5.11 Å². The summed E-state index contributed by atoms with van der Waals surface area (Å²) in [6.07, 6.45) is 0.664. The van der Waals surface area contributed by atoms with Crippen molar-refractivity contribution < 1.29 is 9.90 Å². The minimum Gasteiger partial charge on any atom is -0.396 e. The fraction of sp³-hybridized carbons (Fsp3) is 0.667. The number of amides is 1. The number of nitrogens with one attached hydrogen (secondary N) is 1. The van der Waals surface area contributed by atoms with Crippen molar-refractivity contribution in [1.82, 2.24) is 15.1 Å². The number of carbonyl (C=O) groups excluding carboxylic acids is 1. The van der Waals surface area contributed by atoms with Crippen LogP contribution in [0, 0.1) is 12.3 Å². The SMILES string of the molecule is Cc1cc(C(=O)NCC(C)(C)CCO)n(C)n1. The molecule has 17 heavy (non-hydrogen) atoms. The highest BCUT2D eigenvalue weighted by molar-refractivity contribution is 5.92. The molecule has 0 saturated heterocycles. The van der Waals surface area contributed by atoms with Gasteiger partial charge in [-0.2, -0.15) is 5.10 Å². The quantitative estimate of drug-likeness (QED) is 0.801. The van der Waals surface area contributed by atoms with Crippen LogP contribution >= 0.6 is 0 Å². The molecule has 0 bridgehead atoms. The number of nitrogens with zero attached hydrogens (tertiary/aromatic N) is 2. The van der Waals surface area contributed by atoms with E-state index >= 15 is 0 Å². The smallest absolute Gasteiger partial charge is 0.269 e. The number of hydrogen-bond donors (Lipinski definition) is 2. The van der Waals surface area contributed by atoms with E-state index in [9.17, 15) is 4.79 Å². The maximum Gasteiger partial charge on any atom is 0.269 e. The summed E-state index contributed by atoms with van der Waals surface area (Å²) in [7, 11) is 1.75. The van der Waals surface area contributed by atoms with Crippen LogP contribution in [0.4, 0.5) is 0 Å². The average Bonchev–Trinajstić information content (AvgIpc) is 2.54. The summed E-state index contributed by atoms with van der Waals surface area (Å²) in [4.78, 5) is 11.9. The van der Waals surface area contributed by atoms with E-state index < -0.39 is 0 Å². The standard InChI is InChI=1S/C12H21N3O2/c1-9-7-10(15(4)14-9)11(17)13-8-12(2,3)5-6-16/h7,16H,5-6,8H2,1-4H3,(H,13,17). The first-order chi connectivity index (χ1) is 7.85. The summed E-state index contributed by atoms with van der Waals surface area (Å²) in [5.74, 6) is -0.126. The molecule has 0 spiro atoms. The van der Waals surface area contributed by atoms with Gasteiger partial charge >= 0.3 is 0 Å². The number of aliphatic hydroxyl groups is 1. The van der Waals surface area contributed by atoms with E-state index in [1.807, 2.05) is 20.8 Å². The monoisotopic (exact) mass is 239 g/mol. The lowest BCUT2D eigenvalue weighted by Gasteiger charge is -2.23. The lowest BCUT2D eigenvalue weighted by molar-refractivity contribution is 0.0918. The van der Waals surface area contributed by atoms with Gasteiger partial charge < -0.3 is 10.4 Å². The van der Waals surface area contributed by atoms with Crippen LogP contribution in [0.2, 0.25) is 0 Å². The zero-order valence-corrected chi connectivity index (χ0v) is 10.9. The number of aliphatic hydroxyl groups excluding tert-OH is 1. The van der Waals surface area contributed by atoms with Gasteiger partial charge in [-0.1, -0.05) is 13.8 Å². The fourth-order valence-corrected chi connectivity index (χ4v) is 1.62. The lowest BCUT2D eigenvalue weighted by Crippen LogP contribution is -2.35. The highest BCUT2D eigenvalue weighted by Gasteiger charge is 2.19. The van der Waals surface area contributed by atoms with Crippen molar-refractivity contribution in [1.29, 1.82) is 0 Å². The Morgan fingerprint density at radius 2 is 2.24 bits per heavy atom. The molecule has 0 aliphatic heterocycles. The summed E-state index contributed by atoms with van der Waals surface area (Å²) in [5, 5.41) is 15.9. The molecule has 0 fully saturated rings. The summed E-state index contributed by atoms with van der Waals surface area (Å²) in [6, 6.07) is 1.76. The molecular formula is C12H21N3O2. The second-order valence-corrected chi connectivity index (χ2v) is 5.12. The summed E-state index contributed by atoms with van der Waals surface area (Å²) in [6.45, 7) is 6.55. The topological polar surface area (TPSA) is 67.2 Å². The van der Waals surface area contributed by atoms with Crippen molar-refractivity contribution in [3.8, 4) is 0 Å². The van der Waals surface area contributed by atoms with E-state index in [2.05, 4.69) is 10.4 Å². The van der Waals surface area contributed by atoms with Crippen molar-refractivity contribution >= 4 is 5.91 Å². The van der Waals surface area contributed by atoms with Crippen LogP contribution in [-0.4, -0.2) is 33.9 Å². The normalized spacial score (nSPS) is 11.6. The molecule has 0 aromatic carbocycles. The van der Waals surface area contributed by atoms with Crippen LogP contribution in [0.25, 0.3) is 0 Å². The molecule has 2 N–H and O–H groups in total. The molecule has 1 heterocycles. The fourth-order valence-electron chi connectivity index (χ4n) is 1.62. The van der Waals surface area contributed by atoms with Gasteiger partial charge in [0.25, 0.3) is 5.91 Å². The molecule has 1 amide bonds. The first-order valence-corrected chi connectivity index (χ1v) is 5.75. The van der Waals surface area contributed by atoms with Gasteiger partial charge in [-0.3, -0.25) is 9.48 Å². The van der Waals surface area contributed by atoms with Crippen molar-refractivity contribution in [3.63, 3.8) is 0 Å². The van der Waals surface area contributed by atoms with Crippen molar-refractivity contribution in [2.45, 2.75) is 27.2 Å². The molecule has 0 saturated carbocycles. The molecule has 1 aromatic heterocycles. The third kappa shape index (κ3) is 3.85. The first kappa shape index (κ1) is 13.7. The molecule has 0 unspecified atom stereocenters. The Morgan fingerprint density at radius 3 is 2.71 bits per heavy atom. The van der Waals surface area contributed by atoms with E-state index in [1.165, 1.54) is 0 Å². The highest BCUT2D eigenvalue weighted by atomic mass is 16.3. The third-order valence-corrected chi connectivity index (χ3v) is 2.75. The van der Waals surface area contributed by atoms with Gasteiger partial charge in [0.05, 0.1) is 5.69 Å². The number of rotatable bonds is 5. The Bertz CT molecular complexity index is 396. The van der Waals surface area contributed by atoms with Crippen LogP contribution in [-0.2, 0) is 7.05 Å². The maximum atomic E-state index is 11.9. The molecule has 0 aliphatic carbocycles. The van der Waals surface area contributed by atoms with Gasteiger partial charge in [0, 0.05) is 20.2 Å². The Hall–Kier alpha value is -1.36. The number of aromatic nitrogens is 2. The summed E-state index contributed by atoms with van der Waals surface area (Å²) < 4.78 is 1.57. The Balaban J connectivity index is 2.59. The van der Waals surface area contributed by atoms with Crippen LogP contribution in [0.15, 0.2) is 6.07 Å². The molecular weight excluding hydrogens is 218 g/mol. The highest BCUT2D eigenvalue weighted by Crippen LogP contribution is 2.18. The van der Waals surface area contributed by atoms with Crippen LogP contribution in [0.3, 0.4) is 0 Å². The Kier molecular flexibility index (Phi) is 4.28. The van der Waals surface area contributed by atoms with Crippen molar-refractivity contribution in [2.24, 2.45) is 12.5 Å². The van der Waals surface area contributed by atoms with Crippen LogP contribution < -0.4 is 5.32 Å². The largest absolute Gasteiger partial charge is 0.396 e. The van der Waals surface area contributed by atoms with E-state index in [-0.39, 0.29) is 17.9 Å². The van der Waals surface area contributed by atoms with Crippen LogP contribution in [0.5, 0.6) is 0 Å². The van der Waals surface area contributed by atoms with Gasteiger partial charge in [-0.05, 0) is 24.8 Å². The van der Waals surface area contributed by atoms with Crippen molar-refractivity contribution in [3.05, 3.63) is 17.5 Å². The Labute approximate surface area is 102 Å². The zero-order valence-electron chi connectivity index (χ0n) is 10.9. The second kappa shape index (κ2) is 5.31. The molecule has 1 aromatic rings. The second-order valence-electron chi connectivity index (χ2n) is 5.12. The van der Waals surface area contributed by atoms with Crippen molar-refractivity contribution in [2.75, 3.05) is 13.2 Å². The van der Waals surface area contributed by atoms with E-state index in [1.54, 1.807) is 17.8 Å². The number of aryl methyl sites for hydroxylation is 2. The summed E-state index contributed by atoms with van der Waals surface area (Å²) in [5.41, 5.74) is 1.28. The van der Waals surface area contributed by atoms with Gasteiger partial charge in [0.2, 0.25) is 0 Å². The van der Waals surface area contributed by atoms with Gasteiger partial charge in [0.15, 0.2) is 0 Å². The Morgan fingerprint density at radius 1 is 1.59 bits per heavy atom. The zero-order chi connectivity index (χ0) is 13.1. The van der Waals surface area contributed by atoms with Gasteiger partial charge in [-0.25, -0.2) is 0 Å². The molecule has 0 radical (unpaired) electrons. The van der Waals surface area contributed by atoms with E-state index in [0.29, 0.717) is 18.7 Å². The predicted molar refractivity (Wildman–Crippen MR) is 65.8 cm³/mol. The minimum absolute atomic E-state index is 0.0992. The first-order valence-electron chi connectivity index (χ1n) is 5.75. The van der Waals surface area contributed by atoms with E-state index in [0.717, 1.165) is 5.69 Å². The van der Waals surface area contributed by atoms with Crippen LogP contribution in [0.1, 0.15) is 36.5 Å². The molecule has 5 nitrogen and oxygen atoms in total.